The van der Waals surface area contributed by atoms with Crippen LogP contribution in [0.3, 0.4) is 0 Å². The molecule has 6 heavy (non-hydrogen) atoms. The summed E-state index contributed by atoms with van der Waals surface area (Å²) >= 11 is -5.64. The van der Waals surface area contributed by atoms with E-state index in [9.17, 15) is 3.02 Å². The number of rotatable bonds is 0. The molecular weight excluding hydrogens is 301 g/mol. The van der Waals surface area contributed by atoms with E-state index in [0.717, 1.165) is 0 Å². The van der Waals surface area contributed by atoms with E-state index in [-0.39, 0.29) is 0 Å². The predicted octanol–water partition coefficient (Wildman–Crippen LogP) is -1.09. The van der Waals surface area contributed by atoms with Gasteiger partial charge in [0, 0.05) is 0 Å². The summed E-state index contributed by atoms with van der Waals surface area (Å²) in [6.07, 6.45) is 0. The van der Waals surface area contributed by atoms with E-state index in [1.54, 1.807) is 0 Å². The molecule has 0 aromatic carbocycles. The van der Waals surface area contributed by atoms with Crippen LogP contribution in [0.15, 0.2) is 0 Å². The van der Waals surface area contributed by atoms with Crippen LogP contribution in [0.2, 0.25) is 0 Å². The molecule has 0 unspecified atom stereocenters. The quantitative estimate of drug-likeness (QED) is 0.534. The normalized spacial score (nSPS) is 34.3. The van der Waals surface area contributed by atoms with Gasteiger partial charge < -0.3 is 0 Å². The van der Waals surface area contributed by atoms with Crippen molar-refractivity contribution in [2.75, 3.05) is 0 Å². The van der Waals surface area contributed by atoms with E-state index in [2.05, 4.69) is 3.40 Å². The Balaban J connectivity index is 2.39. The zero-order valence-corrected chi connectivity index (χ0v) is 8.51. The minimum atomic E-state index is -3.48. The summed E-state index contributed by atoms with van der Waals surface area (Å²) in [5, 5.41) is 0. The molecule has 3 rings (SSSR count). The van der Waals surface area contributed by atoms with E-state index < -0.39 is 42.8 Å². The second kappa shape index (κ2) is 1.03. The predicted molar refractivity (Wildman–Crippen MR) is 15.4 cm³/mol. The summed E-state index contributed by atoms with van der Waals surface area (Å²) in [5.41, 5.74) is 0. The van der Waals surface area contributed by atoms with Crippen LogP contribution in [-0.4, -0.2) is 42.8 Å². The van der Waals surface area contributed by atoms with Crippen molar-refractivity contribution in [1.82, 2.24) is 0 Å². The molecular formula is InO4Sb. The van der Waals surface area contributed by atoms with E-state index >= 15 is 0 Å². The van der Waals surface area contributed by atoms with E-state index in [4.69, 9.17) is 0 Å². The van der Waals surface area contributed by atoms with Gasteiger partial charge in [-0.05, 0) is 0 Å². The van der Waals surface area contributed by atoms with Gasteiger partial charge in [-0.3, -0.25) is 0 Å². The van der Waals surface area contributed by atoms with Crippen molar-refractivity contribution in [3.05, 3.63) is 0 Å². The van der Waals surface area contributed by atoms with Crippen LogP contribution in [0, 0.1) is 0 Å². The molecule has 0 aromatic rings. The fraction of sp³-hybridized carbons (Fsp3) is 0. The van der Waals surface area contributed by atoms with Gasteiger partial charge in [0.1, 0.15) is 0 Å². The molecule has 0 amide bonds. The van der Waals surface area contributed by atoms with Crippen molar-refractivity contribution < 1.29 is 6.42 Å². The van der Waals surface area contributed by atoms with Gasteiger partial charge in [0.05, 0.1) is 0 Å². The van der Waals surface area contributed by atoms with Crippen molar-refractivity contribution in [1.29, 1.82) is 0 Å². The maximum absolute atomic E-state index is 10.2. The van der Waals surface area contributed by atoms with Crippen LogP contribution < -0.4 is 0 Å². The van der Waals surface area contributed by atoms with Crippen molar-refractivity contribution >= 4 is 42.8 Å². The molecule has 0 aliphatic carbocycles. The van der Waals surface area contributed by atoms with Crippen LogP contribution in [0.25, 0.3) is 0 Å². The number of hydrogen-bond donors (Lipinski definition) is 0. The first-order chi connectivity index (χ1) is 2.79. The SMILES string of the molecule is [O]=[Sb]12[O][In]([O]1)[O]2. The van der Waals surface area contributed by atoms with Crippen LogP contribution in [0.5, 0.6) is 0 Å². The monoisotopic (exact) mass is 300 g/mol. The average Bonchev–Trinajstić information content (AvgIpc) is 1.24. The third kappa shape index (κ3) is 0.382. The molecule has 0 aromatic heterocycles. The summed E-state index contributed by atoms with van der Waals surface area (Å²) in [5.74, 6) is 0. The molecule has 0 atom stereocenters. The van der Waals surface area contributed by atoms with Crippen LogP contribution in [0.4, 0.5) is 0 Å². The van der Waals surface area contributed by atoms with Gasteiger partial charge in [-0.1, -0.05) is 0 Å². The first kappa shape index (κ1) is 4.27. The third-order valence-corrected chi connectivity index (χ3v) is 29.0. The second-order valence-electron chi connectivity index (χ2n) is 1.05. The molecule has 3 fully saturated rings. The van der Waals surface area contributed by atoms with Gasteiger partial charge in [0.15, 0.2) is 0 Å². The fourth-order valence-corrected chi connectivity index (χ4v) is 15.3. The first-order valence-electron chi connectivity index (χ1n) is 1.44. The Labute approximate surface area is 48.8 Å². The molecule has 0 N–H and O–H groups in total. The Morgan fingerprint density at radius 1 is 1.33 bits per heavy atom. The zero-order chi connectivity index (χ0) is 4.20. The summed E-state index contributed by atoms with van der Waals surface area (Å²) in [6.45, 7) is 0. The molecule has 4 nitrogen and oxygen atoms in total. The van der Waals surface area contributed by atoms with Gasteiger partial charge in [-0.2, -0.15) is 0 Å². The maximum atomic E-state index is 10.2. The van der Waals surface area contributed by atoms with Gasteiger partial charge in [0.2, 0.25) is 0 Å². The van der Waals surface area contributed by atoms with Gasteiger partial charge in [-0.15, -0.1) is 0 Å². The molecule has 32 valence electrons. The zero-order valence-electron chi connectivity index (χ0n) is 2.66. The first-order valence-corrected chi connectivity index (χ1v) is 9.64. The van der Waals surface area contributed by atoms with Crippen LogP contribution in [-0.2, 0) is 6.42 Å². The molecule has 3 aliphatic heterocycles. The summed E-state index contributed by atoms with van der Waals surface area (Å²) in [6, 6.07) is 0. The molecule has 3 saturated heterocycles. The Bertz CT molecular complexity index is 106. The van der Waals surface area contributed by atoms with Gasteiger partial charge in [0.25, 0.3) is 0 Å². The van der Waals surface area contributed by atoms with E-state index in [1.807, 2.05) is 0 Å². The molecule has 6 heteroatoms. The standard InChI is InChI=1S/In.4O.Sb. The van der Waals surface area contributed by atoms with Crippen molar-refractivity contribution in [2.24, 2.45) is 0 Å². The summed E-state index contributed by atoms with van der Waals surface area (Å²) in [4.78, 5) is 0. The third-order valence-electron chi connectivity index (χ3n) is 0.645. The van der Waals surface area contributed by atoms with Crippen LogP contribution >= 0.6 is 0 Å². The van der Waals surface area contributed by atoms with E-state index in [0.29, 0.717) is 0 Å². The van der Waals surface area contributed by atoms with Crippen LogP contribution in [0.1, 0.15) is 0 Å². The van der Waals surface area contributed by atoms with Gasteiger partial charge >= 0.3 is 49.2 Å². The minimum absolute atomic E-state index is 2.16. The second-order valence-corrected chi connectivity index (χ2v) is 19.2. The fourth-order valence-electron chi connectivity index (χ4n) is 0.340. The molecule has 0 spiro atoms. The van der Waals surface area contributed by atoms with Crippen molar-refractivity contribution in [3.63, 3.8) is 0 Å². The Kier molecular flexibility index (Phi) is 0.730. The Morgan fingerprint density at radius 2 is 1.67 bits per heavy atom. The van der Waals surface area contributed by atoms with Gasteiger partial charge in [-0.25, -0.2) is 0 Å². The molecule has 0 radical (unpaired) electrons. The number of hydrogen-bond acceptors (Lipinski definition) is 4. The Morgan fingerprint density at radius 3 is 1.67 bits per heavy atom. The molecule has 3 aliphatic rings. The summed E-state index contributed by atoms with van der Waals surface area (Å²) < 4.78 is 24.1. The topological polar surface area (TPSA) is 44.8 Å². The van der Waals surface area contributed by atoms with Crippen molar-refractivity contribution in [3.8, 4) is 0 Å². The molecule has 3 heterocycles. The molecule has 2 bridgehead atoms. The average molecular weight is 301 g/mol. The van der Waals surface area contributed by atoms with E-state index in [1.165, 1.54) is 0 Å². The summed E-state index contributed by atoms with van der Waals surface area (Å²) in [7, 11) is 0. The van der Waals surface area contributed by atoms with Crippen molar-refractivity contribution in [2.45, 2.75) is 0 Å². The Hall–Kier alpha value is 1.37. The molecule has 0 saturated carbocycles.